The maximum Gasteiger partial charge on any atom is 0.271 e. The minimum atomic E-state index is -0.479. The van der Waals surface area contributed by atoms with Gasteiger partial charge in [-0.2, -0.15) is 0 Å². The summed E-state index contributed by atoms with van der Waals surface area (Å²) >= 11 is 7.47. The van der Waals surface area contributed by atoms with Gasteiger partial charge in [-0.25, -0.2) is 4.99 Å². The van der Waals surface area contributed by atoms with Gasteiger partial charge in [0.2, 0.25) is 0 Å². The summed E-state index contributed by atoms with van der Waals surface area (Å²) in [4.78, 5) is 31.1. The number of hydrogen-bond acceptors (Lipinski definition) is 5. The van der Waals surface area contributed by atoms with E-state index in [2.05, 4.69) is 22.8 Å². The summed E-state index contributed by atoms with van der Waals surface area (Å²) in [6.45, 7) is 4.07. The van der Waals surface area contributed by atoms with Crippen LogP contribution in [0.3, 0.4) is 0 Å². The Bertz CT molecular complexity index is 2140. The first-order chi connectivity index (χ1) is 20.3. The van der Waals surface area contributed by atoms with Gasteiger partial charge in [-0.1, -0.05) is 59.3 Å². The third-order valence-corrected chi connectivity index (χ3v) is 9.35. The number of nitro groups is 1. The van der Waals surface area contributed by atoms with Crippen LogP contribution in [0.1, 0.15) is 46.1 Å². The van der Waals surface area contributed by atoms with Gasteiger partial charge in [0.05, 0.1) is 21.2 Å². The molecule has 5 aromatic rings. The van der Waals surface area contributed by atoms with Crippen LogP contribution in [0, 0.1) is 24.0 Å². The van der Waals surface area contributed by atoms with Crippen LogP contribution in [0.5, 0.6) is 0 Å². The average Bonchev–Trinajstić information content (AvgIpc) is 3.45. The Morgan fingerprint density at radius 2 is 1.81 bits per heavy atom. The van der Waals surface area contributed by atoms with Crippen LogP contribution in [0.4, 0.5) is 5.69 Å². The zero-order valence-electron chi connectivity index (χ0n) is 22.9. The van der Waals surface area contributed by atoms with Crippen molar-refractivity contribution in [3.63, 3.8) is 0 Å². The van der Waals surface area contributed by atoms with E-state index in [1.54, 1.807) is 16.7 Å². The molecule has 0 bridgehead atoms. The Hall–Kier alpha value is -4.53. The summed E-state index contributed by atoms with van der Waals surface area (Å²) in [5.74, 6) is 0. The molecule has 0 radical (unpaired) electrons. The lowest BCUT2D eigenvalue weighted by Crippen LogP contribution is -2.38. The van der Waals surface area contributed by atoms with E-state index >= 15 is 0 Å². The molecule has 1 atom stereocenters. The first kappa shape index (κ1) is 26.4. The van der Waals surface area contributed by atoms with Gasteiger partial charge in [0, 0.05) is 39.8 Å². The van der Waals surface area contributed by atoms with E-state index < -0.39 is 11.0 Å². The maximum atomic E-state index is 14.2. The highest BCUT2D eigenvalue weighted by Gasteiger charge is 2.33. The number of hydrogen-bond donors (Lipinski definition) is 0. The van der Waals surface area contributed by atoms with Gasteiger partial charge in [-0.15, -0.1) is 0 Å². The topological polar surface area (TPSA) is 82.4 Å². The molecule has 208 valence electrons. The molecular weight excluding hydrogens is 568 g/mol. The number of benzene rings is 3. The summed E-state index contributed by atoms with van der Waals surface area (Å²) in [5.41, 5.74) is 8.66. The van der Waals surface area contributed by atoms with E-state index in [9.17, 15) is 14.9 Å². The highest BCUT2D eigenvalue weighted by molar-refractivity contribution is 7.07. The van der Waals surface area contributed by atoms with Gasteiger partial charge >= 0.3 is 0 Å². The zero-order chi connectivity index (χ0) is 29.1. The SMILES string of the molecule is Cc1cc(/C=c2/sc3n(c2=O)[C@H](c2cccc([N+](=O)[O-])c2)C2=C(N=3)c3ccccc3CC2)c(C)n1-c1ccc(Cl)cc1. The third kappa shape index (κ3) is 4.26. The van der Waals surface area contributed by atoms with Crippen molar-refractivity contribution < 1.29 is 4.92 Å². The number of thiazole rings is 1. The van der Waals surface area contributed by atoms with E-state index in [1.807, 2.05) is 62.4 Å². The molecular formula is C33H25ClN4O3S. The van der Waals surface area contributed by atoms with Crippen molar-refractivity contribution in [1.82, 2.24) is 9.13 Å². The number of nitrogens with zero attached hydrogens (tertiary/aromatic N) is 4. The average molecular weight is 593 g/mol. The molecule has 42 heavy (non-hydrogen) atoms. The molecule has 3 heterocycles. The summed E-state index contributed by atoms with van der Waals surface area (Å²) in [6.07, 6.45) is 3.46. The monoisotopic (exact) mass is 592 g/mol. The second kappa shape index (κ2) is 10.1. The van der Waals surface area contributed by atoms with Gasteiger partial charge in [0.15, 0.2) is 4.80 Å². The Balaban J connectivity index is 1.44. The zero-order valence-corrected chi connectivity index (χ0v) is 24.4. The number of aromatic nitrogens is 2. The standard InChI is InChI=1S/C33H25ClN4O3S/c1-19-16-23(20(2)36(19)25-13-11-24(34)12-14-25)18-29-32(39)37-31(22-7-5-8-26(17-22)38(40)41)28-15-10-21-6-3-4-9-27(21)30(28)35-33(37)42-29/h3-9,11-14,16-18,31H,10,15H2,1-2H3/b29-18+/t31-/m1/s1. The van der Waals surface area contributed by atoms with E-state index in [0.717, 1.165) is 45.9 Å². The lowest BCUT2D eigenvalue weighted by molar-refractivity contribution is -0.384. The molecule has 0 spiro atoms. The number of halogens is 1. The van der Waals surface area contributed by atoms with E-state index in [0.29, 0.717) is 26.3 Å². The molecule has 0 fully saturated rings. The summed E-state index contributed by atoms with van der Waals surface area (Å²) in [6, 6.07) is 24.1. The van der Waals surface area contributed by atoms with Gasteiger partial charge in [-0.3, -0.25) is 19.5 Å². The van der Waals surface area contributed by atoms with Gasteiger partial charge in [0.1, 0.15) is 0 Å². The lowest BCUT2D eigenvalue weighted by Gasteiger charge is -2.30. The molecule has 0 amide bonds. The number of fused-ring (bicyclic) bond motifs is 3. The van der Waals surface area contributed by atoms with E-state index in [4.69, 9.17) is 16.6 Å². The Labute approximate surface area is 250 Å². The predicted molar refractivity (Wildman–Crippen MR) is 166 cm³/mol. The fourth-order valence-electron chi connectivity index (χ4n) is 6.19. The third-order valence-electron chi connectivity index (χ3n) is 8.11. The van der Waals surface area contributed by atoms with Gasteiger partial charge in [0.25, 0.3) is 11.2 Å². The Morgan fingerprint density at radius 1 is 1.02 bits per heavy atom. The molecule has 7 nitrogen and oxygen atoms in total. The predicted octanol–water partition coefficient (Wildman–Crippen LogP) is 6.29. The fraction of sp³-hybridized carbons (Fsp3) is 0.152. The maximum absolute atomic E-state index is 14.2. The van der Waals surface area contributed by atoms with Crippen LogP contribution in [0.15, 0.2) is 94.2 Å². The first-order valence-corrected chi connectivity index (χ1v) is 14.8. The molecule has 9 heteroatoms. The normalized spacial score (nSPS) is 16.1. The smallest absolute Gasteiger partial charge is 0.271 e. The highest BCUT2D eigenvalue weighted by Crippen LogP contribution is 2.41. The number of allylic oxidation sites excluding steroid dienone is 1. The largest absolute Gasteiger partial charge is 0.318 e. The molecule has 0 saturated heterocycles. The van der Waals surface area contributed by atoms with Crippen molar-refractivity contribution in [2.45, 2.75) is 32.7 Å². The second-order valence-corrected chi connectivity index (χ2v) is 12.0. The molecule has 0 N–H and O–H groups in total. The van der Waals surface area contributed by atoms with Crippen LogP contribution < -0.4 is 14.9 Å². The van der Waals surface area contributed by atoms with Crippen molar-refractivity contribution in [2.75, 3.05) is 0 Å². The number of nitro benzene ring substituents is 1. The van der Waals surface area contributed by atoms with Gasteiger partial charge < -0.3 is 4.57 Å². The molecule has 2 aliphatic rings. The molecule has 3 aromatic carbocycles. The van der Waals surface area contributed by atoms with Crippen LogP contribution in [0.25, 0.3) is 17.5 Å². The molecule has 0 saturated carbocycles. The van der Waals surface area contributed by atoms with E-state index in [1.165, 1.54) is 23.0 Å². The van der Waals surface area contributed by atoms with E-state index in [-0.39, 0.29) is 11.2 Å². The number of aryl methyl sites for hydroxylation is 2. The minimum Gasteiger partial charge on any atom is -0.318 e. The fourth-order valence-corrected chi connectivity index (χ4v) is 7.31. The van der Waals surface area contributed by atoms with Crippen LogP contribution in [-0.4, -0.2) is 14.1 Å². The van der Waals surface area contributed by atoms with Crippen LogP contribution in [-0.2, 0) is 6.42 Å². The quantitative estimate of drug-likeness (QED) is 0.182. The lowest BCUT2D eigenvalue weighted by atomic mass is 9.83. The van der Waals surface area contributed by atoms with Crippen molar-refractivity contribution in [2.24, 2.45) is 4.99 Å². The molecule has 0 unspecified atom stereocenters. The summed E-state index contributed by atoms with van der Waals surface area (Å²) < 4.78 is 4.43. The van der Waals surface area contributed by atoms with Crippen molar-refractivity contribution in [1.29, 1.82) is 0 Å². The Kier molecular flexibility index (Phi) is 6.33. The molecule has 2 aromatic heterocycles. The second-order valence-electron chi connectivity index (χ2n) is 10.6. The number of rotatable bonds is 4. The van der Waals surface area contributed by atoms with Crippen molar-refractivity contribution >= 4 is 40.4 Å². The van der Waals surface area contributed by atoms with Crippen molar-refractivity contribution in [3.05, 3.63) is 153 Å². The van der Waals surface area contributed by atoms with Crippen LogP contribution in [0.2, 0.25) is 5.02 Å². The Morgan fingerprint density at radius 3 is 2.60 bits per heavy atom. The molecule has 7 rings (SSSR count). The van der Waals surface area contributed by atoms with Crippen molar-refractivity contribution in [3.8, 4) is 5.69 Å². The van der Waals surface area contributed by atoms with Gasteiger partial charge in [-0.05, 0) is 85.4 Å². The summed E-state index contributed by atoms with van der Waals surface area (Å²) in [7, 11) is 0. The summed E-state index contributed by atoms with van der Waals surface area (Å²) in [5, 5.41) is 12.4. The number of non-ortho nitro benzene ring substituents is 1. The first-order valence-electron chi connectivity index (χ1n) is 13.6. The molecule has 1 aliphatic heterocycles. The molecule has 1 aliphatic carbocycles. The minimum absolute atomic E-state index is 0.000347. The van der Waals surface area contributed by atoms with Crippen LogP contribution >= 0.6 is 22.9 Å². The highest BCUT2D eigenvalue weighted by atomic mass is 35.5.